The first kappa shape index (κ1) is 13.8. The van der Waals surface area contributed by atoms with Crippen LogP contribution in [0.5, 0.6) is 0 Å². The van der Waals surface area contributed by atoms with Crippen LogP contribution < -0.4 is 11.1 Å². The molecule has 0 aromatic carbocycles. The van der Waals surface area contributed by atoms with Gasteiger partial charge in [0, 0.05) is 35.1 Å². The van der Waals surface area contributed by atoms with Crippen LogP contribution in [0.15, 0.2) is 58.9 Å². The predicted octanol–water partition coefficient (Wildman–Crippen LogP) is 3.13. The summed E-state index contributed by atoms with van der Waals surface area (Å²) in [6, 6.07) is 6.54. The molecule has 5 rings (SSSR count). The maximum absolute atomic E-state index is 5.94. The fourth-order valence-corrected chi connectivity index (χ4v) is 4.66. The predicted molar refractivity (Wildman–Crippen MR) is 97.0 cm³/mol. The number of guanidine groups is 1. The molecule has 4 heterocycles. The lowest BCUT2D eigenvalue weighted by atomic mass is 9.95. The summed E-state index contributed by atoms with van der Waals surface area (Å²) in [5.74, 6) is 0.487. The van der Waals surface area contributed by atoms with E-state index in [-0.39, 0.29) is 12.1 Å². The molecular formula is C18H17N5S. The van der Waals surface area contributed by atoms with Crippen molar-refractivity contribution < 1.29 is 0 Å². The van der Waals surface area contributed by atoms with Crippen LogP contribution in [-0.2, 0) is 6.42 Å². The van der Waals surface area contributed by atoms with Crippen LogP contribution in [0.2, 0.25) is 0 Å². The van der Waals surface area contributed by atoms with E-state index in [1.807, 2.05) is 29.8 Å². The molecule has 2 aliphatic rings. The number of nitrogens with one attached hydrogen (secondary N) is 1. The van der Waals surface area contributed by atoms with E-state index in [0.29, 0.717) is 5.96 Å². The molecule has 2 atom stereocenters. The summed E-state index contributed by atoms with van der Waals surface area (Å²) in [7, 11) is 0. The summed E-state index contributed by atoms with van der Waals surface area (Å²) in [6.07, 6.45) is 10.3. The molecule has 0 saturated heterocycles. The average Bonchev–Trinajstić information content (AvgIpc) is 3.20. The van der Waals surface area contributed by atoms with Gasteiger partial charge in [0.05, 0.1) is 11.6 Å². The molecule has 6 heteroatoms. The monoisotopic (exact) mass is 335 g/mol. The Bertz CT molecular complexity index is 947. The number of aryl methyl sites for hydroxylation is 1. The third-order valence-electron chi connectivity index (χ3n) is 4.87. The highest BCUT2D eigenvalue weighted by atomic mass is 32.1. The second-order valence-corrected chi connectivity index (χ2v) is 7.24. The van der Waals surface area contributed by atoms with Crippen molar-refractivity contribution in [2.45, 2.75) is 24.9 Å². The Morgan fingerprint density at radius 2 is 2.25 bits per heavy atom. The van der Waals surface area contributed by atoms with E-state index in [0.717, 1.165) is 18.4 Å². The van der Waals surface area contributed by atoms with Gasteiger partial charge in [0.15, 0.2) is 5.96 Å². The largest absolute Gasteiger partial charge is 0.370 e. The fourth-order valence-electron chi connectivity index (χ4n) is 3.73. The standard InChI is InChI=1S/C18H17N5S/c19-18-21-8-13-15(23-9-11-2-1-6-20-14(11)10-23)3-4-16-12(5-7-24-16)17(13)22-18/h1-2,5-10,15,17H,3-4H2,(H3,19,21,22). The highest BCUT2D eigenvalue weighted by Crippen LogP contribution is 2.44. The number of rotatable bonds is 1. The normalized spacial score (nSPS) is 22.8. The number of aliphatic imine (C=N–C) groups is 1. The van der Waals surface area contributed by atoms with Gasteiger partial charge in [-0.25, -0.2) is 4.99 Å². The van der Waals surface area contributed by atoms with E-state index in [9.17, 15) is 0 Å². The quantitative estimate of drug-likeness (QED) is 0.718. The third kappa shape index (κ3) is 2.06. The van der Waals surface area contributed by atoms with E-state index in [4.69, 9.17) is 10.7 Å². The Morgan fingerprint density at radius 3 is 3.17 bits per heavy atom. The van der Waals surface area contributed by atoms with E-state index < -0.39 is 0 Å². The molecular weight excluding hydrogens is 318 g/mol. The van der Waals surface area contributed by atoms with Crippen molar-refractivity contribution in [3.8, 4) is 0 Å². The van der Waals surface area contributed by atoms with Gasteiger partial charge in [-0.1, -0.05) is 0 Å². The Balaban J connectivity index is 1.63. The molecule has 3 aromatic rings. The number of hydrogen-bond donors (Lipinski definition) is 2. The van der Waals surface area contributed by atoms with Crippen LogP contribution in [0.25, 0.3) is 10.9 Å². The molecule has 1 aliphatic carbocycles. The maximum Gasteiger partial charge on any atom is 0.193 e. The van der Waals surface area contributed by atoms with E-state index >= 15 is 0 Å². The van der Waals surface area contributed by atoms with Crippen LogP contribution in [0, 0.1) is 0 Å². The van der Waals surface area contributed by atoms with Crippen molar-refractivity contribution in [1.29, 1.82) is 0 Å². The summed E-state index contributed by atoms with van der Waals surface area (Å²) in [4.78, 5) is 10.6. The lowest BCUT2D eigenvalue weighted by molar-refractivity contribution is 0.513. The molecule has 3 N–H and O–H groups in total. The molecule has 24 heavy (non-hydrogen) atoms. The average molecular weight is 335 g/mol. The number of hydrogen-bond acceptors (Lipinski definition) is 5. The SMILES string of the molecule is NC1=NC2C(=CN1)C(n1cc3cccnc3c1)CCc1sccc12. The molecule has 0 fully saturated rings. The smallest absolute Gasteiger partial charge is 0.193 e. The number of thiophene rings is 1. The summed E-state index contributed by atoms with van der Waals surface area (Å²) >= 11 is 1.82. The van der Waals surface area contributed by atoms with Gasteiger partial charge in [0.1, 0.15) is 6.04 Å². The van der Waals surface area contributed by atoms with E-state index in [1.165, 1.54) is 21.4 Å². The first-order valence-corrected chi connectivity index (χ1v) is 8.96. The van der Waals surface area contributed by atoms with E-state index in [1.54, 1.807) is 0 Å². The zero-order valence-electron chi connectivity index (χ0n) is 13.0. The summed E-state index contributed by atoms with van der Waals surface area (Å²) < 4.78 is 2.28. The zero-order chi connectivity index (χ0) is 16.1. The van der Waals surface area contributed by atoms with E-state index in [2.05, 4.69) is 44.8 Å². The Labute approximate surface area is 143 Å². The lowest BCUT2D eigenvalue weighted by Crippen LogP contribution is -2.33. The second kappa shape index (κ2) is 5.21. The number of nitrogens with two attached hydrogens (primary N) is 1. The molecule has 1 aliphatic heterocycles. The number of nitrogens with zero attached hydrogens (tertiary/aromatic N) is 3. The molecule has 2 unspecified atom stereocenters. The minimum atomic E-state index is 0.0125. The molecule has 3 aromatic heterocycles. The highest BCUT2D eigenvalue weighted by molar-refractivity contribution is 7.10. The van der Waals surface area contributed by atoms with Gasteiger partial charge in [-0.15, -0.1) is 11.3 Å². The van der Waals surface area contributed by atoms with Gasteiger partial charge >= 0.3 is 0 Å². The maximum atomic E-state index is 5.94. The molecule has 0 spiro atoms. The zero-order valence-corrected chi connectivity index (χ0v) is 13.8. The number of fused-ring (bicyclic) bond motifs is 4. The highest BCUT2D eigenvalue weighted by Gasteiger charge is 2.32. The van der Waals surface area contributed by atoms with Crippen molar-refractivity contribution in [2.24, 2.45) is 10.7 Å². The first-order valence-electron chi connectivity index (χ1n) is 8.08. The third-order valence-corrected chi connectivity index (χ3v) is 5.86. The van der Waals surface area contributed by atoms with Crippen molar-refractivity contribution in [3.63, 3.8) is 0 Å². The molecule has 5 nitrogen and oxygen atoms in total. The van der Waals surface area contributed by atoms with Crippen molar-refractivity contribution >= 4 is 28.2 Å². The minimum absolute atomic E-state index is 0.0125. The summed E-state index contributed by atoms with van der Waals surface area (Å²) in [5, 5.41) is 6.43. The molecule has 0 radical (unpaired) electrons. The van der Waals surface area contributed by atoms with Crippen molar-refractivity contribution in [2.75, 3.05) is 0 Å². The first-order chi connectivity index (χ1) is 11.8. The van der Waals surface area contributed by atoms with Crippen LogP contribution in [-0.4, -0.2) is 15.5 Å². The van der Waals surface area contributed by atoms with Gasteiger partial charge in [-0.3, -0.25) is 4.98 Å². The van der Waals surface area contributed by atoms with Crippen LogP contribution in [0.3, 0.4) is 0 Å². The second-order valence-electron chi connectivity index (χ2n) is 6.24. The molecule has 120 valence electrons. The van der Waals surface area contributed by atoms with Crippen LogP contribution >= 0.6 is 11.3 Å². The van der Waals surface area contributed by atoms with Gasteiger partial charge in [0.2, 0.25) is 0 Å². The number of pyridine rings is 1. The summed E-state index contributed by atoms with van der Waals surface area (Å²) in [5.41, 5.74) is 9.54. The van der Waals surface area contributed by atoms with Gasteiger partial charge in [0.25, 0.3) is 0 Å². The van der Waals surface area contributed by atoms with Crippen LogP contribution in [0.1, 0.15) is 28.9 Å². The Morgan fingerprint density at radius 1 is 1.29 bits per heavy atom. The fraction of sp³-hybridized carbons (Fsp3) is 0.222. The minimum Gasteiger partial charge on any atom is -0.370 e. The summed E-state index contributed by atoms with van der Waals surface area (Å²) in [6.45, 7) is 0. The van der Waals surface area contributed by atoms with Gasteiger partial charge in [-0.05, 0) is 47.6 Å². The van der Waals surface area contributed by atoms with Crippen LogP contribution in [0.4, 0.5) is 0 Å². The topological polar surface area (TPSA) is 68.2 Å². The lowest BCUT2D eigenvalue weighted by Gasteiger charge is -2.27. The Hall–Kier alpha value is -2.60. The van der Waals surface area contributed by atoms with Crippen molar-refractivity contribution in [1.82, 2.24) is 14.9 Å². The molecule has 0 bridgehead atoms. The Kier molecular flexibility index (Phi) is 2.99. The number of aromatic nitrogens is 2. The van der Waals surface area contributed by atoms with Gasteiger partial charge in [-0.2, -0.15) is 0 Å². The van der Waals surface area contributed by atoms with Gasteiger partial charge < -0.3 is 15.6 Å². The molecule has 0 saturated carbocycles. The molecule has 0 amide bonds. The van der Waals surface area contributed by atoms with Crippen molar-refractivity contribution in [3.05, 3.63) is 64.4 Å².